The number of fused-ring (bicyclic) bond motifs is 1. The van der Waals surface area contributed by atoms with Gasteiger partial charge in [0.25, 0.3) is 5.56 Å². The van der Waals surface area contributed by atoms with Crippen molar-refractivity contribution in [3.8, 4) is 17.3 Å². The summed E-state index contributed by atoms with van der Waals surface area (Å²) in [5.74, 6) is 1.07. The van der Waals surface area contributed by atoms with Crippen molar-refractivity contribution < 1.29 is 9.52 Å². The first-order valence-corrected chi connectivity index (χ1v) is 8.34. The van der Waals surface area contributed by atoms with Crippen LogP contribution in [0.25, 0.3) is 11.6 Å². The molecule has 6 nitrogen and oxygen atoms in total. The van der Waals surface area contributed by atoms with Gasteiger partial charge in [0.1, 0.15) is 5.75 Å². The van der Waals surface area contributed by atoms with Crippen molar-refractivity contribution in [2.24, 2.45) is 0 Å². The van der Waals surface area contributed by atoms with E-state index in [-0.39, 0.29) is 11.3 Å². The van der Waals surface area contributed by atoms with Gasteiger partial charge in [0.15, 0.2) is 11.6 Å². The van der Waals surface area contributed by atoms with E-state index in [1.54, 1.807) is 24.5 Å². The molecule has 128 valence electrons. The van der Waals surface area contributed by atoms with Gasteiger partial charge in [0.05, 0.1) is 17.0 Å². The number of halogens is 1. The van der Waals surface area contributed by atoms with Gasteiger partial charge in [-0.1, -0.05) is 23.7 Å². The summed E-state index contributed by atoms with van der Waals surface area (Å²) in [5.41, 5.74) is 2.08. The van der Waals surface area contributed by atoms with Crippen LogP contribution in [-0.2, 0) is 19.5 Å². The molecule has 2 N–H and O–H groups in total. The van der Waals surface area contributed by atoms with E-state index in [1.807, 2.05) is 12.1 Å². The fourth-order valence-electron chi connectivity index (χ4n) is 3.09. The Morgan fingerprint density at radius 3 is 3.00 bits per heavy atom. The number of furan rings is 1. The summed E-state index contributed by atoms with van der Waals surface area (Å²) in [6.07, 6.45) is 2.15. The zero-order valence-corrected chi connectivity index (χ0v) is 14.1. The molecule has 1 aliphatic rings. The van der Waals surface area contributed by atoms with Crippen LogP contribution in [0.15, 0.2) is 45.8 Å². The highest BCUT2D eigenvalue weighted by Crippen LogP contribution is 2.29. The van der Waals surface area contributed by atoms with Crippen molar-refractivity contribution in [3.05, 3.63) is 68.8 Å². The Kier molecular flexibility index (Phi) is 4.07. The van der Waals surface area contributed by atoms with Gasteiger partial charge >= 0.3 is 0 Å². The molecule has 0 bridgehead atoms. The number of rotatable bonds is 3. The molecule has 1 aliphatic heterocycles. The number of aromatic nitrogens is 2. The lowest BCUT2D eigenvalue weighted by molar-refractivity contribution is 0.237. The monoisotopic (exact) mass is 357 g/mol. The third kappa shape index (κ3) is 3.06. The van der Waals surface area contributed by atoms with E-state index in [0.717, 1.165) is 11.3 Å². The minimum absolute atomic E-state index is 0.102. The molecule has 0 fully saturated rings. The Balaban J connectivity index is 1.62. The molecule has 4 rings (SSSR count). The molecule has 0 aliphatic carbocycles. The molecule has 1 aromatic carbocycles. The number of aromatic hydroxyl groups is 1. The third-order valence-corrected chi connectivity index (χ3v) is 4.68. The quantitative estimate of drug-likeness (QED) is 0.753. The molecule has 0 unspecified atom stereocenters. The number of benzene rings is 1. The highest BCUT2D eigenvalue weighted by Gasteiger charge is 2.22. The van der Waals surface area contributed by atoms with Crippen LogP contribution in [0.3, 0.4) is 0 Å². The normalized spacial score (nSPS) is 14.4. The first-order valence-electron chi connectivity index (χ1n) is 7.96. The van der Waals surface area contributed by atoms with Crippen LogP contribution < -0.4 is 5.56 Å². The molecule has 25 heavy (non-hydrogen) atoms. The van der Waals surface area contributed by atoms with Crippen molar-refractivity contribution in [3.63, 3.8) is 0 Å². The molecule has 0 spiro atoms. The van der Waals surface area contributed by atoms with Crippen molar-refractivity contribution in [1.82, 2.24) is 14.9 Å². The zero-order chi connectivity index (χ0) is 17.4. The summed E-state index contributed by atoms with van der Waals surface area (Å²) >= 11 is 5.97. The van der Waals surface area contributed by atoms with E-state index in [9.17, 15) is 9.90 Å². The molecule has 7 heteroatoms. The molecule has 0 amide bonds. The van der Waals surface area contributed by atoms with Crippen LogP contribution in [0.5, 0.6) is 5.75 Å². The largest absolute Gasteiger partial charge is 0.506 e. The Bertz CT molecular complexity index is 966. The van der Waals surface area contributed by atoms with Gasteiger partial charge in [-0.05, 0) is 24.6 Å². The Labute approximate surface area is 148 Å². The van der Waals surface area contributed by atoms with Crippen LogP contribution in [0, 0.1) is 0 Å². The van der Waals surface area contributed by atoms with E-state index in [2.05, 4.69) is 14.9 Å². The first kappa shape index (κ1) is 15.9. The predicted octanol–water partition coefficient (Wildman–Crippen LogP) is 2.95. The number of nitrogens with one attached hydrogen (secondary N) is 1. The topological polar surface area (TPSA) is 82.4 Å². The summed E-state index contributed by atoms with van der Waals surface area (Å²) in [6, 6.07) is 8.82. The van der Waals surface area contributed by atoms with E-state index in [0.29, 0.717) is 48.2 Å². The molecule has 0 saturated heterocycles. The van der Waals surface area contributed by atoms with Gasteiger partial charge < -0.3 is 14.5 Å². The summed E-state index contributed by atoms with van der Waals surface area (Å²) in [6.45, 7) is 1.78. The lowest BCUT2D eigenvalue weighted by Gasteiger charge is -2.27. The molecular weight excluding hydrogens is 342 g/mol. The number of nitrogens with zero attached hydrogens (tertiary/aromatic N) is 2. The summed E-state index contributed by atoms with van der Waals surface area (Å²) < 4.78 is 5.32. The highest BCUT2D eigenvalue weighted by atomic mass is 35.5. The molecular formula is C18H16ClN3O3. The smallest absolute Gasteiger partial charge is 0.254 e. The second kappa shape index (κ2) is 6.38. The average Bonchev–Trinajstić information content (AvgIpc) is 3.13. The fraction of sp³-hybridized carbons (Fsp3) is 0.222. The van der Waals surface area contributed by atoms with Crippen LogP contribution in [0.1, 0.15) is 16.8 Å². The molecule has 3 heterocycles. The Morgan fingerprint density at radius 1 is 1.32 bits per heavy atom. The first-order chi connectivity index (χ1) is 12.1. The predicted molar refractivity (Wildman–Crippen MR) is 93.5 cm³/mol. The molecule has 0 saturated carbocycles. The number of hydrogen-bond acceptors (Lipinski definition) is 5. The van der Waals surface area contributed by atoms with Crippen molar-refractivity contribution in [1.29, 1.82) is 0 Å². The number of aromatic amines is 1. The number of hydrogen-bond donors (Lipinski definition) is 2. The molecule has 3 aromatic rings. The number of phenols is 1. The second-order valence-corrected chi connectivity index (χ2v) is 6.43. The van der Waals surface area contributed by atoms with Crippen molar-refractivity contribution in [2.45, 2.75) is 19.5 Å². The van der Waals surface area contributed by atoms with E-state index in [1.165, 1.54) is 0 Å². The van der Waals surface area contributed by atoms with E-state index in [4.69, 9.17) is 16.0 Å². The maximum Gasteiger partial charge on any atom is 0.254 e. The van der Waals surface area contributed by atoms with Crippen molar-refractivity contribution >= 4 is 11.6 Å². The molecule has 2 aromatic heterocycles. The van der Waals surface area contributed by atoms with Gasteiger partial charge in [-0.2, -0.15) is 0 Å². The van der Waals surface area contributed by atoms with E-state index < -0.39 is 0 Å². The number of para-hydroxylation sites is 1. The van der Waals surface area contributed by atoms with E-state index >= 15 is 0 Å². The van der Waals surface area contributed by atoms with Gasteiger partial charge in [-0.15, -0.1) is 0 Å². The second-order valence-electron chi connectivity index (χ2n) is 6.03. The fourth-order valence-corrected chi connectivity index (χ4v) is 3.28. The SMILES string of the molecule is O=c1[nH]c(-c2ccco2)nc2c1CCN(Cc1cccc(Cl)c1O)C2. The minimum atomic E-state index is -0.123. The average molecular weight is 358 g/mol. The summed E-state index contributed by atoms with van der Waals surface area (Å²) in [7, 11) is 0. The van der Waals surface area contributed by atoms with Crippen molar-refractivity contribution in [2.75, 3.05) is 6.54 Å². The lowest BCUT2D eigenvalue weighted by atomic mass is 10.1. The maximum atomic E-state index is 12.3. The Hall–Kier alpha value is -2.57. The minimum Gasteiger partial charge on any atom is -0.506 e. The van der Waals surface area contributed by atoms with Gasteiger partial charge in [0, 0.05) is 30.8 Å². The van der Waals surface area contributed by atoms with Crippen LogP contribution in [0.4, 0.5) is 0 Å². The van der Waals surface area contributed by atoms with Crippen LogP contribution in [0.2, 0.25) is 5.02 Å². The van der Waals surface area contributed by atoms with Gasteiger partial charge in [-0.25, -0.2) is 4.98 Å². The summed E-state index contributed by atoms with van der Waals surface area (Å²) in [4.78, 5) is 21.8. The van der Waals surface area contributed by atoms with Crippen LogP contribution in [-0.4, -0.2) is 26.5 Å². The van der Waals surface area contributed by atoms with Crippen LogP contribution >= 0.6 is 11.6 Å². The van der Waals surface area contributed by atoms with Gasteiger partial charge in [-0.3, -0.25) is 9.69 Å². The standard InChI is InChI=1S/C18H16ClN3O3/c19-13-4-1-3-11(16(13)23)9-22-7-6-12-14(10-22)20-17(21-18(12)24)15-5-2-8-25-15/h1-5,8,23H,6-7,9-10H2,(H,20,21,24). The summed E-state index contributed by atoms with van der Waals surface area (Å²) in [5, 5.41) is 10.4. The molecule has 0 atom stereocenters. The highest BCUT2D eigenvalue weighted by molar-refractivity contribution is 6.32. The lowest BCUT2D eigenvalue weighted by Crippen LogP contribution is -2.35. The Morgan fingerprint density at radius 2 is 2.20 bits per heavy atom. The number of H-pyrrole nitrogens is 1. The zero-order valence-electron chi connectivity index (χ0n) is 13.3. The maximum absolute atomic E-state index is 12.3. The third-order valence-electron chi connectivity index (χ3n) is 4.37. The number of phenolic OH excluding ortho intramolecular Hbond substituents is 1. The van der Waals surface area contributed by atoms with Gasteiger partial charge in [0.2, 0.25) is 0 Å². The molecule has 0 radical (unpaired) electrons.